The fourth-order valence-electron chi connectivity index (χ4n) is 2.04. The largest absolute Gasteiger partial charge is 0.494 e. The standard InChI is InChI=1S/C13H14Cl2N2O3/c1-20-12-9(14)5-8(6-10(12)15)13(19)17-4-2-3-16-11(18)7-17/h5-6H,2-4,7H2,1H3,(H,16,18). The molecule has 0 atom stereocenters. The van der Waals surface area contributed by atoms with Gasteiger partial charge in [0, 0.05) is 18.7 Å². The Morgan fingerprint density at radius 3 is 2.60 bits per heavy atom. The molecule has 0 aromatic heterocycles. The van der Waals surface area contributed by atoms with Crippen molar-refractivity contribution in [2.75, 3.05) is 26.7 Å². The van der Waals surface area contributed by atoms with E-state index < -0.39 is 0 Å². The molecule has 0 radical (unpaired) electrons. The van der Waals surface area contributed by atoms with Crippen LogP contribution in [0.1, 0.15) is 16.8 Å². The Balaban J connectivity index is 2.26. The first-order chi connectivity index (χ1) is 9.52. The lowest BCUT2D eigenvalue weighted by Crippen LogP contribution is -2.37. The van der Waals surface area contributed by atoms with Gasteiger partial charge in [-0.2, -0.15) is 0 Å². The number of ether oxygens (including phenoxy) is 1. The normalized spacial score (nSPS) is 15.6. The van der Waals surface area contributed by atoms with E-state index in [1.807, 2.05) is 0 Å². The summed E-state index contributed by atoms with van der Waals surface area (Å²) in [6.07, 6.45) is 0.717. The van der Waals surface area contributed by atoms with E-state index in [2.05, 4.69) is 5.32 Å². The molecule has 0 bridgehead atoms. The number of carbonyl (C=O) groups excluding carboxylic acids is 2. The summed E-state index contributed by atoms with van der Waals surface area (Å²) in [5.41, 5.74) is 0.343. The maximum atomic E-state index is 12.4. The number of amides is 2. The van der Waals surface area contributed by atoms with Crippen molar-refractivity contribution in [3.05, 3.63) is 27.7 Å². The summed E-state index contributed by atoms with van der Waals surface area (Å²) < 4.78 is 5.04. The zero-order valence-electron chi connectivity index (χ0n) is 10.9. The minimum atomic E-state index is -0.270. The summed E-state index contributed by atoms with van der Waals surface area (Å²) in [7, 11) is 1.45. The van der Waals surface area contributed by atoms with Gasteiger partial charge in [0.05, 0.1) is 23.7 Å². The molecule has 0 spiro atoms. The van der Waals surface area contributed by atoms with Crippen molar-refractivity contribution in [3.63, 3.8) is 0 Å². The third-order valence-electron chi connectivity index (χ3n) is 3.00. The van der Waals surface area contributed by atoms with E-state index in [-0.39, 0.29) is 28.4 Å². The molecule has 1 saturated heterocycles. The van der Waals surface area contributed by atoms with Crippen molar-refractivity contribution in [1.82, 2.24) is 10.2 Å². The fourth-order valence-corrected chi connectivity index (χ4v) is 2.68. The summed E-state index contributed by atoms with van der Waals surface area (Å²) in [5, 5.41) is 3.25. The van der Waals surface area contributed by atoms with E-state index in [0.717, 1.165) is 6.42 Å². The fraction of sp³-hybridized carbons (Fsp3) is 0.385. The Hall–Kier alpha value is -1.46. The van der Waals surface area contributed by atoms with Gasteiger partial charge in [-0.1, -0.05) is 23.2 Å². The molecule has 5 nitrogen and oxygen atoms in total. The smallest absolute Gasteiger partial charge is 0.254 e. The molecule has 1 aromatic rings. The minimum Gasteiger partial charge on any atom is -0.494 e. The van der Waals surface area contributed by atoms with Crippen LogP contribution in [0.15, 0.2) is 12.1 Å². The van der Waals surface area contributed by atoms with Crippen LogP contribution in [-0.4, -0.2) is 43.5 Å². The predicted octanol–water partition coefficient (Wildman–Crippen LogP) is 1.96. The van der Waals surface area contributed by atoms with Crippen LogP contribution >= 0.6 is 23.2 Å². The highest BCUT2D eigenvalue weighted by atomic mass is 35.5. The second-order valence-electron chi connectivity index (χ2n) is 4.40. The number of benzene rings is 1. The lowest BCUT2D eigenvalue weighted by Gasteiger charge is -2.19. The first kappa shape index (κ1) is 14.9. The van der Waals surface area contributed by atoms with Gasteiger partial charge in [-0.15, -0.1) is 0 Å². The van der Waals surface area contributed by atoms with Gasteiger partial charge in [-0.3, -0.25) is 9.59 Å². The molecule has 7 heteroatoms. The van der Waals surface area contributed by atoms with Crippen LogP contribution in [0.2, 0.25) is 10.0 Å². The maximum Gasteiger partial charge on any atom is 0.254 e. The zero-order valence-corrected chi connectivity index (χ0v) is 12.4. The van der Waals surface area contributed by atoms with Gasteiger partial charge in [0.1, 0.15) is 0 Å². The zero-order chi connectivity index (χ0) is 14.7. The van der Waals surface area contributed by atoms with Crippen LogP contribution in [-0.2, 0) is 4.79 Å². The van der Waals surface area contributed by atoms with Gasteiger partial charge >= 0.3 is 0 Å². The molecule has 1 aliphatic rings. The number of nitrogens with one attached hydrogen (secondary N) is 1. The van der Waals surface area contributed by atoms with Gasteiger partial charge in [0.2, 0.25) is 5.91 Å². The summed E-state index contributed by atoms with van der Waals surface area (Å²) in [6.45, 7) is 1.13. The van der Waals surface area contributed by atoms with Gasteiger partial charge in [-0.05, 0) is 18.6 Å². The second kappa shape index (κ2) is 6.33. The van der Waals surface area contributed by atoms with Crippen molar-refractivity contribution >= 4 is 35.0 Å². The third kappa shape index (κ3) is 3.16. The number of nitrogens with zero attached hydrogens (tertiary/aromatic N) is 1. The quantitative estimate of drug-likeness (QED) is 0.907. The first-order valence-electron chi connectivity index (χ1n) is 6.12. The summed E-state index contributed by atoms with van der Waals surface area (Å²) >= 11 is 12.0. The molecule has 1 aromatic carbocycles. The highest BCUT2D eigenvalue weighted by molar-refractivity contribution is 6.37. The molecular weight excluding hydrogens is 303 g/mol. The van der Waals surface area contributed by atoms with E-state index >= 15 is 0 Å². The molecule has 1 aliphatic heterocycles. The Morgan fingerprint density at radius 2 is 2.00 bits per heavy atom. The van der Waals surface area contributed by atoms with E-state index in [1.54, 1.807) is 0 Å². The summed E-state index contributed by atoms with van der Waals surface area (Å²) in [4.78, 5) is 25.4. The van der Waals surface area contributed by atoms with Crippen LogP contribution < -0.4 is 10.1 Å². The van der Waals surface area contributed by atoms with Crippen molar-refractivity contribution in [2.24, 2.45) is 0 Å². The average Bonchev–Trinajstić information content (AvgIpc) is 2.62. The van der Waals surface area contributed by atoms with Crippen molar-refractivity contribution in [1.29, 1.82) is 0 Å². The summed E-state index contributed by atoms with van der Waals surface area (Å²) in [6, 6.07) is 2.99. The second-order valence-corrected chi connectivity index (χ2v) is 5.22. The van der Waals surface area contributed by atoms with E-state index in [4.69, 9.17) is 27.9 Å². The monoisotopic (exact) mass is 316 g/mol. The lowest BCUT2D eigenvalue weighted by atomic mass is 10.2. The average molecular weight is 317 g/mol. The topological polar surface area (TPSA) is 58.6 Å². The van der Waals surface area contributed by atoms with Crippen LogP contribution in [0.5, 0.6) is 5.75 Å². The van der Waals surface area contributed by atoms with Crippen molar-refractivity contribution < 1.29 is 14.3 Å². The molecule has 108 valence electrons. The Morgan fingerprint density at radius 1 is 1.35 bits per heavy atom. The van der Waals surface area contributed by atoms with Gasteiger partial charge in [-0.25, -0.2) is 0 Å². The molecule has 2 rings (SSSR count). The Labute approximate surface area is 126 Å². The molecule has 1 N–H and O–H groups in total. The molecule has 0 aliphatic carbocycles. The number of methoxy groups -OCH3 is 1. The predicted molar refractivity (Wildman–Crippen MR) is 76.5 cm³/mol. The van der Waals surface area contributed by atoms with Gasteiger partial charge in [0.15, 0.2) is 5.75 Å². The van der Waals surface area contributed by atoms with Crippen LogP contribution in [0.3, 0.4) is 0 Å². The number of hydrogen-bond acceptors (Lipinski definition) is 3. The molecule has 2 amide bonds. The number of rotatable bonds is 2. The molecular formula is C13H14Cl2N2O3. The highest BCUT2D eigenvalue weighted by Crippen LogP contribution is 2.34. The molecule has 1 fully saturated rings. The lowest BCUT2D eigenvalue weighted by molar-refractivity contribution is -0.121. The number of halogens is 2. The summed E-state index contributed by atoms with van der Waals surface area (Å²) in [5.74, 6) is -0.103. The maximum absolute atomic E-state index is 12.4. The number of carbonyl (C=O) groups is 2. The Kier molecular flexibility index (Phi) is 4.73. The van der Waals surface area contributed by atoms with Crippen molar-refractivity contribution in [2.45, 2.75) is 6.42 Å². The molecule has 0 saturated carbocycles. The molecule has 1 heterocycles. The van der Waals surface area contributed by atoms with Gasteiger partial charge < -0.3 is 15.0 Å². The molecule has 20 heavy (non-hydrogen) atoms. The minimum absolute atomic E-state index is 0.0418. The molecule has 0 unspecified atom stereocenters. The van der Waals surface area contributed by atoms with Crippen LogP contribution in [0.4, 0.5) is 0 Å². The number of hydrogen-bond donors (Lipinski definition) is 1. The Bertz CT molecular complexity index is 525. The third-order valence-corrected chi connectivity index (χ3v) is 3.56. The van der Waals surface area contributed by atoms with Crippen molar-refractivity contribution in [3.8, 4) is 5.75 Å². The first-order valence-corrected chi connectivity index (χ1v) is 6.87. The van der Waals surface area contributed by atoms with Gasteiger partial charge in [0.25, 0.3) is 5.91 Å². The van der Waals surface area contributed by atoms with E-state index in [1.165, 1.54) is 24.1 Å². The highest BCUT2D eigenvalue weighted by Gasteiger charge is 2.22. The van der Waals surface area contributed by atoms with E-state index in [9.17, 15) is 9.59 Å². The van der Waals surface area contributed by atoms with E-state index in [0.29, 0.717) is 24.4 Å². The SMILES string of the molecule is COc1c(Cl)cc(C(=O)N2CCCNC(=O)C2)cc1Cl. The van der Waals surface area contributed by atoms with Crippen LogP contribution in [0.25, 0.3) is 0 Å². The van der Waals surface area contributed by atoms with Crippen LogP contribution in [0, 0.1) is 0 Å².